The zero-order valence-electron chi connectivity index (χ0n) is 12.5. The second-order valence-corrected chi connectivity index (χ2v) is 5.06. The van der Waals surface area contributed by atoms with Crippen molar-refractivity contribution < 1.29 is 9.53 Å². The number of ether oxygens (including phenoxy) is 1. The maximum absolute atomic E-state index is 12.3. The Hall–Kier alpha value is -2.49. The highest BCUT2D eigenvalue weighted by atomic mass is 16.5. The molecule has 4 heteroatoms. The first-order valence-electron chi connectivity index (χ1n) is 6.82. The third-order valence-electron chi connectivity index (χ3n) is 3.42. The summed E-state index contributed by atoms with van der Waals surface area (Å²) >= 11 is 0. The van der Waals surface area contributed by atoms with Gasteiger partial charge in [0.25, 0.3) is 5.91 Å². The van der Waals surface area contributed by atoms with E-state index in [9.17, 15) is 4.79 Å². The van der Waals surface area contributed by atoms with Crippen molar-refractivity contribution in [3.63, 3.8) is 0 Å². The smallest absolute Gasteiger partial charge is 0.253 e. The Balaban J connectivity index is 2.12. The van der Waals surface area contributed by atoms with Gasteiger partial charge in [0.15, 0.2) is 0 Å². The molecule has 0 saturated carbocycles. The number of hydrogen-bond donors (Lipinski definition) is 2. The van der Waals surface area contributed by atoms with Crippen LogP contribution >= 0.6 is 0 Å². The van der Waals surface area contributed by atoms with Gasteiger partial charge in [-0.15, -0.1) is 0 Å². The number of nitrogens with one attached hydrogen (secondary N) is 1. The van der Waals surface area contributed by atoms with Gasteiger partial charge in [-0.2, -0.15) is 0 Å². The van der Waals surface area contributed by atoms with Crippen LogP contribution in [0.1, 0.15) is 34.5 Å². The third-order valence-corrected chi connectivity index (χ3v) is 3.42. The molecule has 0 aliphatic heterocycles. The van der Waals surface area contributed by atoms with Crippen LogP contribution in [0.15, 0.2) is 42.5 Å². The number of rotatable bonds is 4. The summed E-state index contributed by atoms with van der Waals surface area (Å²) in [6.07, 6.45) is 0. The molecule has 0 aliphatic rings. The summed E-state index contributed by atoms with van der Waals surface area (Å²) in [5, 5.41) is 2.96. The summed E-state index contributed by atoms with van der Waals surface area (Å²) in [6, 6.07) is 12.9. The highest BCUT2D eigenvalue weighted by Gasteiger charge is 2.14. The molecule has 0 spiro atoms. The fourth-order valence-corrected chi connectivity index (χ4v) is 2.12. The number of benzene rings is 2. The molecule has 0 radical (unpaired) electrons. The number of nitrogen functional groups attached to an aromatic ring is 1. The van der Waals surface area contributed by atoms with E-state index >= 15 is 0 Å². The number of amides is 1. The molecule has 4 nitrogen and oxygen atoms in total. The summed E-state index contributed by atoms with van der Waals surface area (Å²) in [4.78, 5) is 12.3. The highest BCUT2D eigenvalue weighted by Crippen LogP contribution is 2.19. The number of aryl methyl sites for hydroxylation is 1. The lowest BCUT2D eigenvalue weighted by molar-refractivity contribution is 0.0940. The van der Waals surface area contributed by atoms with Crippen LogP contribution < -0.4 is 15.8 Å². The lowest BCUT2D eigenvalue weighted by Crippen LogP contribution is -2.27. The number of nitrogens with two attached hydrogens (primary N) is 1. The van der Waals surface area contributed by atoms with Crippen LogP contribution in [0.2, 0.25) is 0 Å². The summed E-state index contributed by atoms with van der Waals surface area (Å²) in [7, 11) is 1.63. The van der Waals surface area contributed by atoms with E-state index in [1.807, 2.05) is 44.2 Å². The molecule has 21 heavy (non-hydrogen) atoms. The summed E-state index contributed by atoms with van der Waals surface area (Å²) in [6.45, 7) is 3.87. The first-order chi connectivity index (χ1) is 10.0. The van der Waals surface area contributed by atoms with E-state index < -0.39 is 0 Å². The molecule has 3 N–H and O–H groups in total. The number of methoxy groups -OCH3 is 1. The van der Waals surface area contributed by atoms with Crippen LogP contribution in [0.3, 0.4) is 0 Å². The van der Waals surface area contributed by atoms with Crippen LogP contribution in [0.5, 0.6) is 5.75 Å². The van der Waals surface area contributed by atoms with Crippen molar-refractivity contribution in [2.24, 2.45) is 0 Å². The summed E-state index contributed by atoms with van der Waals surface area (Å²) in [5.74, 6) is 0.625. The molecule has 1 unspecified atom stereocenters. The minimum atomic E-state index is -0.167. The van der Waals surface area contributed by atoms with E-state index in [1.54, 1.807) is 19.2 Å². The molecule has 0 heterocycles. The molecular formula is C17H20N2O2. The Morgan fingerprint density at radius 3 is 2.48 bits per heavy atom. The van der Waals surface area contributed by atoms with E-state index in [2.05, 4.69) is 5.32 Å². The molecule has 0 aromatic heterocycles. The van der Waals surface area contributed by atoms with Gasteiger partial charge in [0.1, 0.15) is 5.75 Å². The van der Waals surface area contributed by atoms with Gasteiger partial charge >= 0.3 is 0 Å². The number of anilines is 1. The Morgan fingerprint density at radius 2 is 1.86 bits per heavy atom. The lowest BCUT2D eigenvalue weighted by Gasteiger charge is -2.16. The fraction of sp³-hybridized carbons (Fsp3) is 0.235. The number of carbonyl (C=O) groups is 1. The Kier molecular flexibility index (Phi) is 4.48. The van der Waals surface area contributed by atoms with Crippen molar-refractivity contribution in [2.45, 2.75) is 19.9 Å². The highest BCUT2D eigenvalue weighted by molar-refractivity contribution is 5.99. The standard InChI is InChI=1S/C17H20N2O2/c1-11-4-9-16(18)15(10-11)17(20)19-12(2)13-5-7-14(21-3)8-6-13/h4-10,12H,18H2,1-3H3,(H,19,20). The first-order valence-corrected chi connectivity index (χ1v) is 6.82. The predicted molar refractivity (Wildman–Crippen MR) is 84.5 cm³/mol. The zero-order chi connectivity index (χ0) is 15.4. The number of carbonyl (C=O) groups excluding carboxylic acids is 1. The average molecular weight is 284 g/mol. The Morgan fingerprint density at radius 1 is 1.19 bits per heavy atom. The van der Waals surface area contributed by atoms with E-state index in [-0.39, 0.29) is 11.9 Å². The van der Waals surface area contributed by atoms with Crippen molar-refractivity contribution in [3.8, 4) is 5.75 Å². The van der Waals surface area contributed by atoms with Crippen LogP contribution in [0, 0.1) is 6.92 Å². The second-order valence-electron chi connectivity index (χ2n) is 5.06. The normalized spacial score (nSPS) is 11.8. The topological polar surface area (TPSA) is 64.3 Å². The molecule has 2 rings (SSSR count). The first kappa shape index (κ1) is 14.9. The van der Waals surface area contributed by atoms with Gasteiger partial charge in [0, 0.05) is 5.69 Å². The molecular weight excluding hydrogens is 264 g/mol. The summed E-state index contributed by atoms with van der Waals surface area (Å²) in [5.41, 5.74) is 8.88. The average Bonchev–Trinajstić information content (AvgIpc) is 2.49. The van der Waals surface area contributed by atoms with Crippen LogP contribution in [0.4, 0.5) is 5.69 Å². The Labute approximate surface area is 124 Å². The second kappa shape index (κ2) is 6.31. The molecule has 0 saturated heterocycles. The predicted octanol–water partition coefficient (Wildman–Crippen LogP) is 3.08. The maximum Gasteiger partial charge on any atom is 0.253 e. The minimum Gasteiger partial charge on any atom is -0.497 e. The lowest BCUT2D eigenvalue weighted by atomic mass is 10.1. The monoisotopic (exact) mass is 284 g/mol. The molecule has 2 aromatic rings. The van der Waals surface area contributed by atoms with Gasteiger partial charge in [-0.1, -0.05) is 23.8 Å². The van der Waals surface area contributed by atoms with E-state index in [1.165, 1.54) is 0 Å². The quantitative estimate of drug-likeness (QED) is 0.848. The number of hydrogen-bond acceptors (Lipinski definition) is 3. The van der Waals surface area contributed by atoms with Crippen LogP contribution in [-0.2, 0) is 0 Å². The molecule has 0 aliphatic carbocycles. The third kappa shape index (κ3) is 3.54. The van der Waals surface area contributed by atoms with Crippen molar-refractivity contribution in [3.05, 3.63) is 59.2 Å². The SMILES string of the molecule is COc1ccc(C(C)NC(=O)c2cc(C)ccc2N)cc1. The van der Waals surface area contributed by atoms with Crippen molar-refractivity contribution >= 4 is 11.6 Å². The maximum atomic E-state index is 12.3. The van der Waals surface area contributed by atoms with Crippen LogP contribution in [-0.4, -0.2) is 13.0 Å². The fourth-order valence-electron chi connectivity index (χ4n) is 2.12. The van der Waals surface area contributed by atoms with Gasteiger partial charge in [-0.3, -0.25) is 4.79 Å². The van der Waals surface area contributed by atoms with Gasteiger partial charge < -0.3 is 15.8 Å². The van der Waals surface area contributed by atoms with Gasteiger partial charge in [0.05, 0.1) is 18.7 Å². The molecule has 2 aromatic carbocycles. The van der Waals surface area contributed by atoms with Gasteiger partial charge in [0.2, 0.25) is 0 Å². The van der Waals surface area contributed by atoms with E-state index in [0.717, 1.165) is 16.9 Å². The molecule has 0 bridgehead atoms. The van der Waals surface area contributed by atoms with E-state index in [4.69, 9.17) is 10.5 Å². The summed E-state index contributed by atoms with van der Waals surface area (Å²) < 4.78 is 5.12. The van der Waals surface area contributed by atoms with Crippen molar-refractivity contribution in [2.75, 3.05) is 12.8 Å². The van der Waals surface area contributed by atoms with Gasteiger partial charge in [-0.25, -0.2) is 0 Å². The van der Waals surface area contributed by atoms with Crippen molar-refractivity contribution in [1.82, 2.24) is 5.32 Å². The molecule has 0 fully saturated rings. The van der Waals surface area contributed by atoms with Crippen molar-refractivity contribution in [1.29, 1.82) is 0 Å². The van der Waals surface area contributed by atoms with E-state index in [0.29, 0.717) is 11.3 Å². The largest absolute Gasteiger partial charge is 0.497 e. The van der Waals surface area contributed by atoms with Gasteiger partial charge in [-0.05, 0) is 43.7 Å². The molecule has 110 valence electrons. The van der Waals surface area contributed by atoms with Crippen LogP contribution in [0.25, 0.3) is 0 Å². The Bertz CT molecular complexity index is 636. The zero-order valence-corrected chi connectivity index (χ0v) is 12.5. The molecule has 1 amide bonds. The minimum absolute atomic E-state index is 0.108. The molecule has 1 atom stereocenters.